The summed E-state index contributed by atoms with van der Waals surface area (Å²) in [5.74, 6) is 0.890. The van der Waals surface area contributed by atoms with Crippen molar-refractivity contribution in [3.8, 4) is 5.75 Å². The molecular weight excluding hydrogens is 238 g/mol. The highest BCUT2D eigenvalue weighted by Crippen LogP contribution is 2.18. The molecule has 1 aromatic carbocycles. The van der Waals surface area contributed by atoms with Crippen LogP contribution in [-0.4, -0.2) is 11.2 Å². The van der Waals surface area contributed by atoms with Gasteiger partial charge in [-0.3, -0.25) is 4.79 Å². The summed E-state index contributed by atoms with van der Waals surface area (Å²) < 4.78 is 7.44. The van der Waals surface area contributed by atoms with Crippen molar-refractivity contribution in [2.24, 2.45) is 0 Å². The molecule has 0 saturated carbocycles. The number of aromatic nitrogens is 1. The maximum Gasteiger partial charge on any atom is 0.253 e. The van der Waals surface area contributed by atoms with E-state index in [1.54, 1.807) is 10.8 Å². The van der Waals surface area contributed by atoms with E-state index < -0.39 is 0 Å². The zero-order chi connectivity index (χ0) is 13.8. The molecule has 0 aliphatic heterocycles. The minimum absolute atomic E-state index is 0.0482. The van der Waals surface area contributed by atoms with Gasteiger partial charge in [0.25, 0.3) is 5.56 Å². The van der Waals surface area contributed by atoms with Crippen LogP contribution in [0.4, 0.5) is 0 Å². The van der Waals surface area contributed by atoms with Crippen LogP contribution >= 0.6 is 0 Å². The third-order valence-electron chi connectivity index (χ3n) is 3.14. The molecule has 1 aromatic heterocycles. The Labute approximate surface area is 113 Å². The number of ether oxygens (including phenoxy) is 1. The van der Waals surface area contributed by atoms with Gasteiger partial charge in [0.05, 0.1) is 6.54 Å². The van der Waals surface area contributed by atoms with Crippen LogP contribution in [0.2, 0.25) is 0 Å². The normalized spacial score (nSPS) is 10.5. The van der Waals surface area contributed by atoms with Crippen LogP contribution in [-0.2, 0) is 6.54 Å². The number of benzene rings is 1. The maximum absolute atomic E-state index is 11.8. The molecule has 0 fully saturated rings. The minimum atomic E-state index is 0.0482. The first-order valence-corrected chi connectivity index (χ1v) is 6.44. The van der Waals surface area contributed by atoms with Gasteiger partial charge in [-0.15, -0.1) is 0 Å². The number of aryl methyl sites for hydroxylation is 3. The summed E-state index contributed by atoms with van der Waals surface area (Å²) in [6.45, 7) is 6.94. The van der Waals surface area contributed by atoms with Crippen molar-refractivity contribution in [2.75, 3.05) is 6.61 Å². The quantitative estimate of drug-likeness (QED) is 0.843. The number of hydrogen-bond donors (Lipinski definition) is 0. The first-order valence-electron chi connectivity index (χ1n) is 6.44. The van der Waals surface area contributed by atoms with Crippen molar-refractivity contribution in [3.05, 3.63) is 63.6 Å². The summed E-state index contributed by atoms with van der Waals surface area (Å²) in [6, 6.07) is 9.84. The van der Waals surface area contributed by atoms with Gasteiger partial charge in [-0.25, -0.2) is 0 Å². The van der Waals surface area contributed by atoms with Gasteiger partial charge < -0.3 is 9.30 Å². The molecule has 0 saturated heterocycles. The fourth-order valence-corrected chi connectivity index (χ4v) is 1.95. The molecule has 0 radical (unpaired) electrons. The van der Waals surface area contributed by atoms with Crippen LogP contribution < -0.4 is 10.3 Å². The van der Waals surface area contributed by atoms with Crippen molar-refractivity contribution in [1.29, 1.82) is 0 Å². The molecule has 0 unspecified atom stereocenters. The van der Waals surface area contributed by atoms with Gasteiger partial charge in [0, 0.05) is 11.8 Å². The highest BCUT2D eigenvalue weighted by molar-refractivity contribution is 5.35. The van der Waals surface area contributed by atoms with E-state index in [1.165, 1.54) is 5.56 Å². The highest BCUT2D eigenvalue weighted by Gasteiger charge is 2.01. The molecule has 0 N–H and O–H groups in total. The lowest BCUT2D eigenvalue weighted by Gasteiger charge is -2.11. The van der Waals surface area contributed by atoms with Crippen molar-refractivity contribution in [3.63, 3.8) is 0 Å². The zero-order valence-corrected chi connectivity index (χ0v) is 11.6. The van der Waals surface area contributed by atoms with E-state index in [1.807, 2.05) is 45.0 Å². The lowest BCUT2D eigenvalue weighted by Crippen LogP contribution is -2.24. The fourth-order valence-electron chi connectivity index (χ4n) is 1.95. The lowest BCUT2D eigenvalue weighted by molar-refractivity contribution is 0.294. The summed E-state index contributed by atoms with van der Waals surface area (Å²) in [5, 5.41) is 0. The smallest absolute Gasteiger partial charge is 0.253 e. The Morgan fingerprint density at radius 2 is 1.89 bits per heavy atom. The molecule has 1 heterocycles. The van der Waals surface area contributed by atoms with Crippen LogP contribution in [0.3, 0.4) is 0 Å². The van der Waals surface area contributed by atoms with Crippen molar-refractivity contribution >= 4 is 0 Å². The van der Waals surface area contributed by atoms with Gasteiger partial charge in [0.1, 0.15) is 12.4 Å². The third-order valence-corrected chi connectivity index (χ3v) is 3.14. The van der Waals surface area contributed by atoms with Crippen LogP contribution in [0.1, 0.15) is 16.7 Å². The molecule has 2 rings (SSSR count). The van der Waals surface area contributed by atoms with Gasteiger partial charge in [0.15, 0.2) is 0 Å². The zero-order valence-electron chi connectivity index (χ0n) is 11.6. The molecule has 19 heavy (non-hydrogen) atoms. The molecule has 3 nitrogen and oxygen atoms in total. The van der Waals surface area contributed by atoms with E-state index >= 15 is 0 Å². The summed E-state index contributed by atoms with van der Waals surface area (Å²) in [4.78, 5) is 11.8. The summed E-state index contributed by atoms with van der Waals surface area (Å²) >= 11 is 0. The van der Waals surface area contributed by atoms with Crippen LogP contribution in [0.5, 0.6) is 5.75 Å². The van der Waals surface area contributed by atoms with Crippen LogP contribution in [0.15, 0.2) is 41.3 Å². The van der Waals surface area contributed by atoms with Crippen molar-refractivity contribution in [1.82, 2.24) is 4.57 Å². The van der Waals surface area contributed by atoms with Gasteiger partial charge in [-0.05, 0) is 44.0 Å². The Morgan fingerprint density at radius 1 is 1.11 bits per heavy atom. The molecule has 0 aliphatic carbocycles. The molecule has 100 valence electrons. The number of hydrogen-bond acceptors (Lipinski definition) is 2. The Kier molecular flexibility index (Phi) is 4.05. The number of pyridine rings is 1. The number of nitrogens with zero attached hydrogens (tertiary/aromatic N) is 1. The van der Waals surface area contributed by atoms with E-state index in [4.69, 9.17) is 4.74 Å². The largest absolute Gasteiger partial charge is 0.491 e. The first kappa shape index (κ1) is 13.4. The average molecular weight is 257 g/mol. The standard InChI is InChI=1S/C16H19NO2/c1-12-6-7-13(2)15(11-12)19-10-9-17-8-4-5-14(3)16(17)18/h4-8,11H,9-10H2,1-3H3. The fraction of sp³-hybridized carbons (Fsp3) is 0.312. The molecule has 0 spiro atoms. The first-order chi connectivity index (χ1) is 9.08. The van der Waals surface area contributed by atoms with Gasteiger partial charge >= 0.3 is 0 Å². The van der Waals surface area contributed by atoms with Crippen LogP contribution in [0, 0.1) is 20.8 Å². The Bertz CT molecular complexity index is 629. The summed E-state index contributed by atoms with van der Waals surface area (Å²) in [7, 11) is 0. The number of rotatable bonds is 4. The van der Waals surface area contributed by atoms with E-state index in [9.17, 15) is 4.79 Å². The van der Waals surface area contributed by atoms with E-state index in [-0.39, 0.29) is 5.56 Å². The van der Waals surface area contributed by atoms with Crippen LogP contribution in [0.25, 0.3) is 0 Å². The average Bonchev–Trinajstić information content (AvgIpc) is 2.38. The summed E-state index contributed by atoms with van der Waals surface area (Å²) in [5.41, 5.74) is 3.09. The molecular formula is C16H19NO2. The molecule has 0 aliphatic rings. The molecule has 0 amide bonds. The molecule has 0 bridgehead atoms. The van der Waals surface area contributed by atoms with Crippen molar-refractivity contribution in [2.45, 2.75) is 27.3 Å². The monoisotopic (exact) mass is 257 g/mol. The maximum atomic E-state index is 11.8. The van der Waals surface area contributed by atoms with E-state index in [0.717, 1.165) is 16.9 Å². The topological polar surface area (TPSA) is 31.2 Å². The Morgan fingerprint density at radius 3 is 2.68 bits per heavy atom. The van der Waals surface area contributed by atoms with Gasteiger partial charge in [0.2, 0.25) is 0 Å². The SMILES string of the molecule is Cc1ccc(C)c(OCCn2cccc(C)c2=O)c1. The van der Waals surface area contributed by atoms with Gasteiger partial charge in [-0.2, -0.15) is 0 Å². The Hall–Kier alpha value is -2.03. The van der Waals surface area contributed by atoms with E-state index in [2.05, 4.69) is 6.07 Å². The second-order valence-electron chi connectivity index (χ2n) is 4.81. The minimum Gasteiger partial charge on any atom is -0.491 e. The molecule has 2 aromatic rings. The second-order valence-corrected chi connectivity index (χ2v) is 4.81. The van der Waals surface area contributed by atoms with Crippen molar-refractivity contribution < 1.29 is 4.74 Å². The third kappa shape index (κ3) is 3.25. The predicted molar refractivity (Wildman–Crippen MR) is 76.9 cm³/mol. The second kappa shape index (κ2) is 5.74. The Balaban J connectivity index is 2.02. The molecule has 3 heteroatoms. The lowest BCUT2D eigenvalue weighted by atomic mass is 10.1. The highest BCUT2D eigenvalue weighted by atomic mass is 16.5. The molecule has 0 atom stereocenters. The van der Waals surface area contributed by atoms with E-state index in [0.29, 0.717) is 13.2 Å². The summed E-state index contributed by atoms with van der Waals surface area (Å²) in [6.07, 6.45) is 1.79. The van der Waals surface area contributed by atoms with Gasteiger partial charge in [-0.1, -0.05) is 18.2 Å². The predicted octanol–water partition coefficient (Wildman–Crippen LogP) is 2.85.